The van der Waals surface area contributed by atoms with Gasteiger partial charge in [0.2, 0.25) is 0 Å². The van der Waals surface area contributed by atoms with Crippen molar-refractivity contribution in [3.8, 4) is 11.5 Å². The number of rotatable bonds is 7. The lowest BCUT2D eigenvalue weighted by Crippen LogP contribution is -2.25. The highest BCUT2D eigenvalue weighted by Gasteiger charge is 2.30. The van der Waals surface area contributed by atoms with Crippen molar-refractivity contribution in [1.82, 2.24) is 0 Å². The Hall–Kier alpha value is -1.53. The van der Waals surface area contributed by atoms with Gasteiger partial charge in [-0.05, 0) is 68.4 Å². The topological polar surface area (TPSA) is 18.5 Å². The van der Waals surface area contributed by atoms with Crippen LogP contribution in [0.3, 0.4) is 0 Å². The molecule has 0 aliphatic heterocycles. The van der Waals surface area contributed by atoms with E-state index in [1.54, 1.807) is 0 Å². The first kappa shape index (κ1) is 25.7. The molecule has 0 radical (unpaired) electrons. The molecular formula is C28H43O2P. The molecule has 0 unspecified atom stereocenters. The Bertz CT molecular complexity index is 829. The summed E-state index contributed by atoms with van der Waals surface area (Å²) >= 11 is 0. The summed E-state index contributed by atoms with van der Waals surface area (Å²) in [7, 11) is 3.03. The molecular weight excluding hydrogens is 399 g/mol. The molecule has 0 saturated carbocycles. The van der Waals surface area contributed by atoms with Crippen LogP contribution in [0.2, 0.25) is 0 Å². The molecule has 0 heterocycles. The predicted molar refractivity (Wildman–Crippen MR) is 139 cm³/mol. The van der Waals surface area contributed by atoms with Gasteiger partial charge in [0.25, 0.3) is 0 Å². The molecule has 2 rings (SSSR count). The van der Waals surface area contributed by atoms with Gasteiger partial charge in [0.15, 0.2) is 0 Å². The second-order valence-electron chi connectivity index (χ2n) is 10.7. The minimum Gasteiger partial charge on any atom is -0.496 e. The van der Waals surface area contributed by atoms with E-state index in [2.05, 4.69) is 86.6 Å². The highest BCUT2D eigenvalue weighted by Crippen LogP contribution is 2.46. The van der Waals surface area contributed by atoms with E-state index in [9.17, 15) is 0 Å². The standard InChI is InChI=1S/C28H43O2P/c1-12-13-14-31(23-17-19(2)15-21(25(23)29-10)27(4,5)6)24-18-20(3)16-22(26(24)30-11)28(7,8)9/h15-18H,12-14H2,1-11H3. The van der Waals surface area contributed by atoms with Crippen LogP contribution < -0.4 is 20.1 Å². The molecule has 0 aliphatic rings. The van der Waals surface area contributed by atoms with E-state index in [1.165, 1.54) is 45.7 Å². The lowest BCUT2D eigenvalue weighted by molar-refractivity contribution is 0.400. The van der Waals surface area contributed by atoms with Gasteiger partial charge in [-0.25, -0.2) is 0 Å². The largest absolute Gasteiger partial charge is 0.496 e. The molecule has 0 spiro atoms. The number of methoxy groups -OCH3 is 2. The van der Waals surface area contributed by atoms with Crippen molar-refractivity contribution in [3.63, 3.8) is 0 Å². The van der Waals surface area contributed by atoms with Crippen molar-refractivity contribution in [2.75, 3.05) is 20.4 Å². The van der Waals surface area contributed by atoms with Gasteiger partial charge in [-0.3, -0.25) is 0 Å². The minimum absolute atomic E-state index is 0.0190. The van der Waals surface area contributed by atoms with Gasteiger partial charge in [0, 0.05) is 21.7 Å². The van der Waals surface area contributed by atoms with Crippen molar-refractivity contribution in [3.05, 3.63) is 46.5 Å². The molecule has 2 aromatic rings. The molecule has 0 amide bonds. The van der Waals surface area contributed by atoms with Gasteiger partial charge in [0.05, 0.1) is 14.2 Å². The van der Waals surface area contributed by atoms with E-state index in [1.807, 2.05) is 14.2 Å². The number of hydrogen-bond acceptors (Lipinski definition) is 2. The van der Waals surface area contributed by atoms with Crippen molar-refractivity contribution in [2.24, 2.45) is 0 Å². The molecule has 0 fully saturated rings. The van der Waals surface area contributed by atoms with Crippen LogP contribution in [0.4, 0.5) is 0 Å². The maximum Gasteiger partial charge on any atom is 0.130 e. The van der Waals surface area contributed by atoms with Crippen LogP contribution >= 0.6 is 7.92 Å². The van der Waals surface area contributed by atoms with E-state index in [4.69, 9.17) is 9.47 Å². The second-order valence-corrected chi connectivity index (χ2v) is 13.0. The first-order valence-electron chi connectivity index (χ1n) is 11.5. The summed E-state index contributed by atoms with van der Waals surface area (Å²) in [6, 6.07) is 9.30. The van der Waals surface area contributed by atoms with Crippen LogP contribution in [0, 0.1) is 13.8 Å². The lowest BCUT2D eigenvalue weighted by Gasteiger charge is -2.31. The lowest BCUT2D eigenvalue weighted by atomic mass is 9.85. The minimum atomic E-state index is -0.619. The molecule has 0 N–H and O–H groups in total. The molecule has 0 atom stereocenters. The number of ether oxygens (including phenoxy) is 2. The monoisotopic (exact) mass is 442 g/mol. The molecule has 3 heteroatoms. The van der Waals surface area contributed by atoms with Gasteiger partial charge in [-0.1, -0.05) is 67.0 Å². The number of unbranched alkanes of at least 4 members (excludes halogenated alkanes) is 1. The Morgan fingerprint density at radius 1 is 0.710 bits per heavy atom. The summed E-state index contributed by atoms with van der Waals surface area (Å²) in [4.78, 5) is 0. The van der Waals surface area contributed by atoms with Gasteiger partial charge in [-0.2, -0.15) is 0 Å². The number of aryl methyl sites for hydroxylation is 2. The fraction of sp³-hybridized carbons (Fsp3) is 0.571. The van der Waals surface area contributed by atoms with Crippen LogP contribution in [0.15, 0.2) is 24.3 Å². The Morgan fingerprint density at radius 2 is 1.10 bits per heavy atom. The molecule has 0 aliphatic carbocycles. The van der Waals surface area contributed by atoms with Crippen molar-refractivity contribution in [2.45, 2.75) is 86.0 Å². The zero-order valence-electron chi connectivity index (χ0n) is 21.7. The van der Waals surface area contributed by atoms with Gasteiger partial charge in [-0.15, -0.1) is 0 Å². The summed E-state index contributed by atoms with van der Waals surface area (Å²) in [5, 5.41) is 2.69. The molecule has 31 heavy (non-hydrogen) atoms. The quantitative estimate of drug-likeness (QED) is 0.424. The Morgan fingerprint density at radius 3 is 1.39 bits per heavy atom. The Labute approximate surface area is 192 Å². The fourth-order valence-electron chi connectivity index (χ4n) is 4.14. The molecule has 0 bridgehead atoms. The van der Waals surface area contributed by atoms with Gasteiger partial charge < -0.3 is 9.47 Å². The van der Waals surface area contributed by atoms with Crippen LogP contribution in [-0.4, -0.2) is 20.4 Å². The number of benzene rings is 2. The maximum absolute atomic E-state index is 6.12. The van der Waals surface area contributed by atoms with Crippen molar-refractivity contribution in [1.29, 1.82) is 0 Å². The van der Waals surface area contributed by atoms with Gasteiger partial charge in [0.1, 0.15) is 11.5 Å². The summed E-state index contributed by atoms with van der Waals surface area (Å²) in [6.45, 7) is 20.3. The normalized spacial score (nSPS) is 12.4. The SMILES string of the molecule is CCCCP(c1cc(C)cc(C(C)(C)C)c1OC)c1cc(C)cc(C(C)(C)C)c1OC. The van der Waals surface area contributed by atoms with Crippen LogP contribution in [0.1, 0.15) is 83.6 Å². The van der Waals surface area contributed by atoms with E-state index in [0.717, 1.165) is 17.7 Å². The highest BCUT2D eigenvalue weighted by atomic mass is 31.1. The first-order chi connectivity index (χ1) is 14.3. The van der Waals surface area contributed by atoms with E-state index < -0.39 is 7.92 Å². The van der Waals surface area contributed by atoms with Crippen LogP contribution in [0.25, 0.3) is 0 Å². The average Bonchev–Trinajstić information content (AvgIpc) is 2.66. The molecule has 0 saturated heterocycles. The Balaban J connectivity index is 2.89. The zero-order valence-corrected chi connectivity index (χ0v) is 22.6. The van der Waals surface area contributed by atoms with E-state index >= 15 is 0 Å². The van der Waals surface area contributed by atoms with Crippen molar-refractivity contribution < 1.29 is 9.47 Å². The summed E-state index contributed by atoms with van der Waals surface area (Å²) < 4.78 is 12.2. The predicted octanol–water partition coefficient (Wildman–Crippen LogP) is 7.15. The third-order valence-corrected chi connectivity index (χ3v) is 8.36. The fourth-order valence-corrected chi connectivity index (χ4v) is 7.15. The average molecular weight is 443 g/mol. The third kappa shape index (κ3) is 5.83. The highest BCUT2D eigenvalue weighted by molar-refractivity contribution is 7.73. The summed E-state index contributed by atoms with van der Waals surface area (Å²) in [6.07, 6.45) is 3.51. The maximum atomic E-state index is 6.12. The molecule has 0 aromatic heterocycles. The van der Waals surface area contributed by atoms with Crippen LogP contribution in [0.5, 0.6) is 11.5 Å². The van der Waals surface area contributed by atoms with Crippen molar-refractivity contribution >= 4 is 18.5 Å². The van der Waals surface area contributed by atoms with Crippen LogP contribution in [-0.2, 0) is 10.8 Å². The number of hydrogen-bond donors (Lipinski definition) is 0. The molecule has 172 valence electrons. The Kier molecular flexibility index (Phi) is 8.26. The summed E-state index contributed by atoms with van der Waals surface area (Å²) in [5.41, 5.74) is 5.21. The summed E-state index contributed by atoms with van der Waals surface area (Å²) in [5.74, 6) is 2.11. The third-order valence-electron chi connectivity index (χ3n) is 5.77. The van der Waals surface area contributed by atoms with Gasteiger partial charge >= 0.3 is 0 Å². The molecule has 2 aromatic carbocycles. The first-order valence-corrected chi connectivity index (χ1v) is 13.0. The zero-order chi connectivity index (χ0) is 23.6. The smallest absolute Gasteiger partial charge is 0.130 e. The van der Waals surface area contributed by atoms with E-state index in [0.29, 0.717) is 0 Å². The second kappa shape index (κ2) is 9.95. The van der Waals surface area contributed by atoms with E-state index in [-0.39, 0.29) is 10.8 Å². The molecule has 2 nitrogen and oxygen atoms in total.